The van der Waals surface area contributed by atoms with Crippen LogP contribution in [0.15, 0.2) is 48.5 Å². The zero-order chi connectivity index (χ0) is 20.9. The van der Waals surface area contributed by atoms with Gasteiger partial charge in [0.1, 0.15) is 12.4 Å². The molecule has 0 bridgehead atoms. The lowest BCUT2D eigenvalue weighted by atomic mass is 9.95. The molecular formula is C23H28N2O4. The standard InChI is InChI=1S/C23H28N2O4/c1-23(2,3)22(27)25-18-10-8-17(9-11-18)24-21(26)16-6-12-19(13-7-16)29-15-20-5-4-14-28-20/h6-13,20H,4-5,14-15H2,1-3H3,(H,24,26)(H,25,27)/t20-/m0/s1. The summed E-state index contributed by atoms with van der Waals surface area (Å²) < 4.78 is 11.3. The van der Waals surface area contributed by atoms with Crippen LogP contribution in [0.5, 0.6) is 5.75 Å². The van der Waals surface area contributed by atoms with E-state index >= 15 is 0 Å². The molecule has 2 amide bonds. The van der Waals surface area contributed by atoms with Crippen LogP contribution in [0.3, 0.4) is 0 Å². The van der Waals surface area contributed by atoms with E-state index in [1.165, 1.54) is 0 Å². The molecule has 0 aliphatic carbocycles. The van der Waals surface area contributed by atoms with Crippen molar-refractivity contribution in [2.75, 3.05) is 23.8 Å². The van der Waals surface area contributed by atoms with E-state index < -0.39 is 5.41 Å². The average molecular weight is 396 g/mol. The highest BCUT2D eigenvalue weighted by molar-refractivity contribution is 6.04. The fraction of sp³-hybridized carbons (Fsp3) is 0.391. The molecule has 3 rings (SSSR count). The normalized spacial score (nSPS) is 16.3. The highest BCUT2D eigenvalue weighted by Gasteiger charge is 2.21. The molecule has 1 atom stereocenters. The van der Waals surface area contributed by atoms with Crippen molar-refractivity contribution in [1.29, 1.82) is 0 Å². The number of nitrogens with one attached hydrogen (secondary N) is 2. The molecule has 6 heteroatoms. The average Bonchev–Trinajstić information content (AvgIpc) is 3.21. The van der Waals surface area contributed by atoms with Gasteiger partial charge in [0, 0.05) is 29.0 Å². The van der Waals surface area contributed by atoms with Crippen LogP contribution in [0.2, 0.25) is 0 Å². The number of hydrogen-bond acceptors (Lipinski definition) is 4. The lowest BCUT2D eigenvalue weighted by Gasteiger charge is -2.17. The van der Waals surface area contributed by atoms with Crippen molar-refractivity contribution in [2.24, 2.45) is 5.41 Å². The van der Waals surface area contributed by atoms with Gasteiger partial charge in [-0.05, 0) is 61.4 Å². The second-order valence-corrected chi connectivity index (χ2v) is 8.21. The van der Waals surface area contributed by atoms with Crippen molar-refractivity contribution < 1.29 is 19.1 Å². The summed E-state index contributed by atoms with van der Waals surface area (Å²) in [7, 11) is 0. The van der Waals surface area contributed by atoms with E-state index in [0.29, 0.717) is 23.5 Å². The third-order valence-corrected chi connectivity index (χ3v) is 4.66. The molecule has 29 heavy (non-hydrogen) atoms. The maximum atomic E-state index is 12.4. The maximum absolute atomic E-state index is 12.4. The summed E-state index contributed by atoms with van der Waals surface area (Å²) in [6.45, 7) is 6.90. The Labute approximate surface area is 171 Å². The Morgan fingerprint density at radius 3 is 2.17 bits per heavy atom. The van der Waals surface area contributed by atoms with Gasteiger partial charge in [0.15, 0.2) is 0 Å². The van der Waals surface area contributed by atoms with Gasteiger partial charge in [-0.2, -0.15) is 0 Å². The fourth-order valence-corrected chi connectivity index (χ4v) is 2.83. The largest absolute Gasteiger partial charge is 0.491 e. The van der Waals surface area contributed by atoms with Crippen LogP contribution in [-0.2, 0) is 9.53 Å². The number of hydrogen-bond donors (Lipinski definition) is 2. The number of benzene rings is 2. The van der Waals surface area contributed by atoms with E-state index in [4.69, 9.17) is 9.47 Å². The summed E-state index contributed by atoms with van der Waals surface area (Å²) >= 11 is 0. The highest BCUT2D eigenvalue weighted by Crippen LogP contribution is 2.20. The van der Waals surface area contributed by atoms with Gasteiger partial charge in [-0.25, -0.2) is 0 Å². The predicted octanol–water partition coefficient (Wildman–Crippen LogP) is 4.48. The van der Waals surface area contributed by atoms with E-state index in [0.717, 1.165) is 25.2 Å². The molecule has 1 fully saturated rings. The lowest BCUT2D eigenvalue weighted by molar-refractivity contribution is -0.123. The minimum absolute atomic E-state index is 0.0592. The van der Waals surface area contributed by atoms with Crippen LogP contribution >= 0.6 is 0 Å². The molecule has 0 spiro atoms. The van der Waals surface area contributed by atoms with Crippen molar-refractivity contribution in [1.82, 2.24) is 0 Å². The molecule has 2 N–H and O–H groups in total. The Balaban J connectivity index is 1.52. The summed E-state index contributed by atoms with van der Waals surface area (Å²) in [5.74, 6) is 0.453. The minimum Gasteiger partial charge on any atom is -0.491 e. The number of carbonyl (C=O) groups is 2. The minimum atomic E-state index is -0.465. The van der Waals surface area contributed by atoms with Gasteiger partial charge in [0.2, 0.25) is 5.91 Å². The summed E-state index contributed by atoms with van der Waals surface area (Å²) in [6.07, 6.45) is 2.27. The van der Waals surface area contributed by atoms with E-state index in [9.17, 15) is 9.59 Å². The van der Waals surface area contributed by atoms with Crippen molar-refractivity contribution in [3.63, 3.8) is 0 Å². The van der Waals surface area contributed by atoms with Gasteiger partial charge in [-0.1, -0.05) is 20.8 Å². The van der Waals surface area contributed by atoms with Crippen molar-refractivity contribution in [2.45, 2.75) is 39.7 Å². The monoisotopic (exact) mass is 396 g/mol. The maximum Gasteiger partial charge on any atom is 0.255 e. The molecule has 0 aromatic heterocycles. The van der Waals surface area contributed by atoms with Gasteiger partial charge in [0.25, 0.3) is 5.91 Å². The smallest absolute Gasteiger partial charge is 0.255 e. The Morgan fingerprint density at radius 1 is 1.00 bits per heavy atom. The Bertz CT molecular complexity index is 833. The van der Waals surface area contributed by atoms with Crippen LogP contribution in [0.1, 0.15) is 44.0 Å². The van der Waals surface area contributed by atoms with E-state index in [2.05, 4.69) is 10.6 Å². The molecule has 1 aliphatic rings. The van der Waals surface area contributed by atoms with Crippen molar-refractivity contribution in [3.05, 3.63) is 54.1 Å². The first kappa shape index (κ1) is 20.9. The van der Waals surface area contributed by atoms with Crippen LogP contribution in [0.4, 0.5) is 11.4 Å². The molecule has 6 nitrogen and oxygen atoms in total. The topological polar surface area (TPSA) is 76.7 Å². The van der Waals surface area contributed by atoms with E-state index in [-0.39, 0.29) is 17.9 Å². The quantitative estimate of drug-likeness (QED) is 0.755. The Kier molecular flexibility index (Phi) is 6.54. The predicted molar refractivity (Wildman–Crippen MR) is 113 cm³/mol. The SMILES string of the molecule is CC(C)(C)C(=O)Nc1ccc(NC(=O)c2ccc(OC[C@@H]3CCCO3)cc2)cc1. The van der Waals surface area contributed by atoms with Crippen LogP contribution in [0, 0.1) is 5.41 Å². The number of carbonyl (C=O) groups excluding carboxylic acids is 2. The lowest BCUT2D eigenvalue weighted by Crippen LogP contribution is -2.27. The van der Waals surface area contributed by atoms with Crippen LogP contribution in [-0.4, -0.2) is 31.1 Å². The zero-order valence-electron chi connectivity index (χ0n) is 17.2. The highest BCUT2D eigenvalue weighted by atomic mass is 16.5. The summed E-state index contributed by atoms with van der Waals surface area (Å²) in [6, 6.07) is 14.1. The third kappa shape index (κ3) is 6.06. The van der Waals surface area contributed by atoms with Gasteiger partial charge in [-0.3, -0.25) is 9.59 Å². The molecule has 2 aromatic rings. The Hall–Kier alpha value is -2.86. The first-order valence-corrected chi connectivity index (χ1v) is 9.88. The summed E-state index contributed by atoms with van der Waals surface area (Å²) in [4.78, 5) is 24.5. The number of ether oxygens (including phenoxy) is 2. The first-order valence-electron chi connectivity index (χ1n) is 9.88. The fourth-order valence-electron chi connectivity index (χ4n) is 2.83. The summed E-state index contributed by atoms with van der Waals surface area (Å²) in [5.41, 5.74) is 1.42. The van der Waals surface area contributed by atoms with E-state index in [1.54, 1.807) is 48.5 Å². The molecule has 0 saturated carbocycles. The van der Waals surface area contributed by atoms with Crippen LogP contribution < -0.4 is 15.4 Å². The number of amides is 2. The van der Waals surface area contributed by atoms with E-state index in [1.807, 2.05) is 20.8 Å². The van der Waals surface area contributed by atoms with Crippen LogP contribution in [0.25, 0.3) is 0 Å². The number of anilines is 2. The van der Waals surface area contributed by atoms with Gasteiger partial charge >= 0.3 is 0 Å². The molecule has 154 valence electrons. The summed E-state index contributed by atoms with van der Waals surface area (Å²) in [5, 5.41) is 5.71. The third-order valence-electron chi connectivity index (χ3n) is 4.66. The molecule has 1 heterocycles. The van der Waals surface area contributed by atoms with Gasteiger partial charge < -0.3 is 20.1 Å². The molecular weight excluding hydrogens is 368 g/mol. The zero-order valence-corrected chi connectivity index (χ0v) is 17.2. The first-order chi connectivity index (χ1) is 13.8. The second-order valence-electron chi connectivity index (χ2n) is 8.21. The van der Waals surface area contributed by atoms with Crippen molar-refractivity contribution >= 4 is 23.2 Å². The molecule has 2 aromatic carbocycles. The molecule has 1 saturated heterocycles. The molecule has 0 unspecified atom stereocenters. The van der Waals surface area contributed by atoms with Gasteiger partial charge in [-0.15, -0.1) is 0 Å². The second kappa shape index (κ2) is 9.09. The molecule has 1 aliphatic heterocycles. The number of rotatable bonds is 6. The Morgan fingerprint density at radius 2 is 1.62 bits per heavy atom. The van der Waals surface area contributed by atoms with Crippen molar-refractivity contribution in [3.8, 4) is 5.75 Å². The van der Waals surface area contributed by atoms with Gasteiger partial charge in [0.05, 0.1) is 6.10 Å². The molecule has 0 radical (unpaired) electrons.